The lowest BCUT2D eigenvalue weighted by Gasteiger charge is -2.09. The molecule has 23 heavy (non-hydrogen) atoms. The standard InChI is InChI=1S/C16H13BrF2N2O2/c1-2-9-8-10(6-7-11(9)17)20-16(23)21-15(22)14-12(18)4-3-5-13(14)19/h3-8H,2H2,1H3,(H2,20,21,22,23). The molecule has 0 fully saturated rings. The van der Waals surface area contributed by atoms with E-state index in [0.29, 0.717) is 5.69 Å². The first-order chi connectivity index (χ1) is 10.9. The number of benzene rings is 2. The van der Waals surface area contributed by atoms with Crippen molar-refractivity contribution in [2.24, 2.45) is 0 Å². The lowest BCUT2D eigenvalue weighted by molar-refractivity contribution is 0.0959. The summed E-state index contributed by atoms with van der Waals surface area (Å²) in [6.45, 7) is 1.95. The van der Waals surface area contributed by atoms with E-state index in [-0.39, 0.29) is 0 Å². The topological polar surface area (TPSA) is 58.2 Å². The highest BCUT2D eigenvalue weighted by Gasteiger charge is 2.19. The molecule has 0 aliphatic heterocycles. The Morgan fingerprint density at radius 3 is 2.39 bits per heavy atom. The minimum absolute atomic E-state index is 0.462. The Balaban J connectivity index is 2.09. The molecule has 0 saturated heterocycles. The fourth-order valence-corrected chi connectivity index (χ4v) is 2.49. The smallest absolute Gasteiger partial charge is 0.308 e. The van der Waals surface area contributed by atoms with Crippen molar-refractivity contribution < 1.29 is 18.4 Å². The molecule has 2 rings (SSSR count). The van der Waals surface area contributed by atoms with Crippen molar-refractivity contribution in [2.75, 3.05) is 5.32 Å². The largest absolute Gasteiger partial charge is 0.326 e. The Bertz CT molecular complexity index is 745. The summed E-state index contributed by atoms with van der Waals surface area (Å²) >= 11 is 3.38. The summed E-state index contributed by atoms with van der Waals surface area (Å²) in [6.07, 6.45) is 0.747. The molecule has 0 saturated carbocycles. The maximum absolute atomic E-state index is 13.5. The average molecular weight is 383 g/mol. The van der Waals surface area contributed by atoms with Crippen LogP contribution in [-0.4, -0.2) is 11.9 Å². The summed E-state index contributed by atoms with van der Waals surface area (Å²) in [6, 6.07) is 7.27. The van der Waals surface area contributed by atoms with Gasteiger partial charge in [0.05, 0.1) is 0 Å². The third-order valence-corrected chi connectivity index (χ3v) is 3.87. The molecule has 0 aliphatic rings. The quantitative estimate of drug-likeness (QED) is 0.833. The number of carbonyl (C=O) groups is 2. The molecule has 0 spiro atoms. The lowest BCUT2D eigenvalue weighted by atomic mass is 10.1. The number of nitrogens with one attached hydrogen (secondary N) is 2. The van der Waals surface area contributed by atoms with Gasteiger partial charge >= 0.3 is 6.03 Å². The molecule has 0 radical (unpaired) electrons. The van der Waals surface area contributed by atoms with Crippen molar-refractivity contribution in [3.63, 3.8) is 0 Å². The molecule has 120 valence electrons. The fraction of sp³-hybridized carbons (Fsp3) is 0.125. The van der Waals surface area contributed by atoms with Gasteiger partial charge in [0.2, 0.25) is 0 Å². The maximum Gasteiger partial charge on any atom is 0.326 e. The Morgan fingerprint density at radius 2 is 1.78 bits per heavy atom. The first-order valence-corrected chi connectivity index (χ1v) is 7.56. The highest BCUT2D eigenvalue weighted by Crippen LogP contribution is 2.21. The lowest BCUT2D eigenvalue weighted by Crippen LogP contribution is -2.35. The number of carbonyl (C=O) groups excluding carboxylic acids is 2. The van der Waals surface area contributed by atoms with Gasteiger partial charge in [-0.15, -0.1) is 0 Å². The third-order valence-electron chi connectivity index (χ3n) is 3.10. The molecule has 0 unspecified atom stereocenters. The highest BCUT2D eigenvalue weighted by molar-refractivity contribution is 9.10. The first-order valence-electron chi connectivity index (χ1n) is 6.77. The second kappa shape index (κ2) is 7.32. The van der Waals surface area contributed by atoms with Gasteiger partial charge in [0.15, 0.2) is 0 Å². The SMILES string of the molecule is CCc1cc(NC(=O)NC(=O)c2c(F)cccc2F)ccc1Br. The van der Waals surface area contributed by atoms with Crippen molar-refractivity contribution in [1.29, 1.82) is 0 Å². The molecular formula is C16H13BrF2N2O2. The Morgan fingerprint density at radius 1 is 1.13 bits per heavy atom. The normalized spacial score (nSPS) is 10.3. The number of aryl methyl sites for hydroxylation is 1. The molecule has 2 N–H and O–H groups in total. The number of hydrogen-bond acceptors (Lipinski definition) is 2. The minimum Gasteiger partial charge on any atom is -0.308 e. The van der Waals surface area contributed by atoms with Crippen LogP contribution >= 0.6 is 15.9 Å². The van der Waals surface area contributed by atoms with Crippen LogP contribution in [0.2, 0.25) is 0 Å². The summed E-state index contributed by atoms with van der Waals surface area (Å²) in [5.74, 6) is -3.22. The van der Waals surface area contributed by atoms with E-state index >= 15 is 0 Å². The van der Waals surface area contributed by atoms with E-state index < -0.39 is 29.1 Å². The van der Waals surface area contributed by atoms with E-state index in [1.54, 1.807) is 18.2 Å². The summed E-state index contributed by atoms with van der Waals surface area (Å²) in [5, 5.41) is 4.34. The van der Waals surface area contributed by atoms with Crippen LogP contribution in [0.5, 0.6) is 0 Å². The zero-order valence-corrected chi connectivity index (χ0v) is 13.7. The number of hydrogen-bond donors (Lipinski definition) is 2. The van der Waals surface area contributed by atoms with Crippen molar-refractivity contribution in [1.82, 2.24) is 5.32 Å². The van der Waals surface area contributed by atoms with Crippen molar-refractivity contribution >= 4 is 33.6 Å². The molecule has 0 heterocycles. The average Bonchev–Trinajstić information content (AvgIpc) is 2.48. The Kier molecular flexibility index (Phi) is 5.44. The van der Waals surface area contributed by atoms with Crippen LogP contribution in [0.3, 0.4) is 0 Å². The second-order valence-corrected chi connectivity index (χ2v) is 5.52. The Hall–Kier alpha value is -2.28. The van der Waals surface area contributed by atoms with Crippen LogP contribution in [0.4, 0.5) is 19.3 Å². The fourth-order valence-electron chi connectivity index (χ4n) is 1.97. The van der Waals surface area contributed by atoms with E-state index in [1.165, 1.54) is 0 Å². The van der Waals surface area contributed by atoms with E-state index in [4.69, 9.17) is 0 Å². The van der Waals surface area contributed by atoms with Gasteiger partial charge in [0.1, 0.15) is 17.2 Å². The predicted molar refractivity (Wildman–Crippen MR) is 86.4 cm³/mol. The second-order valence-electron chi connectivity index (χ2n) is 4.66. The van der Waals surface area contributed by atoms with E-state index in [0.717, 1.165) is 34.7 Å². The summed E-state index contributed by atoms with van der Waals surface area (Å²) in [7, 11) is 0. The molecular weight excluding hydrogens is 370 g/mol. The molecule has 3 amide bonds. The molecule has 0 bridgehead atoms. The van der Waals surface area contributed by atoms with Crippen LogP contribution < -0.4 is 10.6 Å². The minimum atomic E-state index is -1.15. The van der Waals surface area contributed by atoms with E-state index in [9.17, 15) is 18.4 Å². The van der Waals surface area contributed by atoms with Gasteiger partial charge in [-0.05, 0) is 42.3 Å². The van der Waals surface area contributed by atoms with Crippen molar-refractivity contribution in [3.05, 3.63) is 63.6 Å². The first kappa shape index (κ1) is 17.1. The maximum atomic E-state index is 13.5. The highest BCUT2D eigenvalue weighted by atomic mass is 79.9. The van der Waals surface area contributed by atoms with Gasteiger partial charge in [-0.1, -0.05) is 28.9 Å². The molecule has 4 nitrogen and oxygen atoms in total. The molecule has 0 aromatic heterocycles. The number of anilines is 1. The molecule has 2 aromatic carbocycles. The number of rotatable bonds is 3. The zero-order chi connectivity index (χ0) is 17.0. The van der Waals surface area contributed by atoms with Crippen molar-refractivity contribution in [3.8, 4) is 0 Å². The number of halogens is 3. The van der Waals surface area contributed by atoms with Gasteiger partial charge in [-0.25, -0.2) is 13.6 Å². The number of urea groups is 1. The van der Waals surface area contributed by atoms with Crippen LogP contribution in [0, 0.1) is 11.6 Å². The molecule has 7 heteroatoms. The monoisotopic (exact) mass is 382 g/mol. The van der Waals surface area contributed by atoms with Gasteiger partial charge in [-0.3, -0.25) is 10.1 Å². The van der Waals surface area contributed by atoms with Crippen LogP contribution in [0.1, 0.15) is 22.8 Å². The van der Waals surface area contributed by atoms with E-state index in [1.807, 2.05) is 12.2 Å². The summed E-state index contributed by atoms with van der Waals surface area (Å²) in [5.41, 5.74) is 0.631. The van der Waals surface area contributed by atoms with E-state index in [2.05, 4.69) is 21.2 Å². The summed E-state index contributed by atoms with van der Waals surface area (Å²) < 4.78 is 27.9. The number of amides is 3. The van der Waals surface area contributed by atoms with Gasteiger partial charge in [0.25, 0.3) is 5.91 Å². The van der Waals surface area contributed by atoms with Crippen LogP contribution in [0.25, 0.3) is 0 Å². The zero-order valence-electron chi connectivity index (χ0n) is 12.1. The molecule has 0 atom stereocenters. The third kappa shape index (κ3) is 4.13. The van der Waals surface area contributed by atoms with Gasteiger partial charge in [0, 0.05) is 10.2 Å². The van der Waals surface area contributed by atoms with Gasteiger partial charge in [-0.2, -0.15) is 0 Å². The van der Waals surface area contributed by atoms with Gasteiger partial charge < -0.3 is 5.32 Å². The van der Waals surface area contributed by atoms with Crippen molar-refractivity contribution in [2.45, 2.75) is 13.3 Å². The number of imide groups is 1. The summed E-state index contributed by atoms with van der Waals surface area (Å²) in [4.78, 5) is 23.6. The molecule has 0 aliphatic carbocycles. The Labute approximate surface area is 140 Å². The predicted octanol–water partition coefficient (Wildman–Crippen LogP) is 4.25. The van der Waals surface area contributed by atoms with Crippen LogP contribution in [-0.2, 0) is 6.42 Å². The molecule has 2 aromatic rings. The van der Waals surface area contributed by atoms with Crippen LogP contribution in [0.15, 0.2) is 40.9 Å².